The Labute approximate surface area is 163 Å². The average Bonchev–Trinajstić information content (AvgIpc) is 2.61. The van der Waals surface area contributed by atoms with Crippen molar-refractivity contribution in [2.45, 2.75) is 27.3 Å². The highest BCUT2D eigenvalue weighted by Crippen LogP contribution is 2.14. The normalized spacial score (nSPS) is 11.3. The SMILES string of the molecule is CN(C/C=C\C#CC(C)(C)C)Cc1cccc(NC(=O)c2ccccc2)c1. The summed E-state index contributed by atoms with van der Waals surface area (Å²) in [5.41, 5.74) is 2.64. The number of benzene rings is 2. The number of anilines is 1. The van der Waals surface area contributed by atoms with Gasteiger partial charge in [-0.25, -0.2) is 0 Å². The molecule has 0 aliphatic heterocycles. The van der Waals surface area contributed by atoms with Crippen LogP contribution >= 0.6 is 0 Å². The molecule has 0 atom stereocenters. The summed E-state index contributed by atoms with van der Waals surface area (Å²) in [5.74, 6) is 6.18. The third kappa shape index (κ3) is 7.94. The Bertz CT molecular complexity index is 836. The Morgan fingerprint density at radius 3 is 2.56 bits per heavy atom. The van der Waals surface area contributed by atoms with E-state index in [1.54, 1.807) is 0 Å². The van der Waals surface area contributed by atoms with E-state index >= 15 is 0 Å². The fourth-order valence-corrected chi connectivity index (χ4v) is 2.47. The van der Waals surface area contributed by atoms with E-state index in [4.69, 9.17) is 0 Å². The Kier molecular flexibility index (Phi) is 7.40. The lowest BCUT2D eigenvalue weighted by Gasteiger charge is -2.15. The Balaban J connectivity index is 1.90. The van der Waals surface area contributed by atoms with E-state index < -0.39 is 0 Å². The lowest BCUT2D eigenvalue weighted by molar-refractivity contribution is 0.102. The number of carbonyl (C=O) groups is 1. The number of allylic oxidation sites excluding steroid dienone is 1. The molecule has 0 spiro atoms. The van der Waals surface area contributed by atoms with Crippen LogP contribution in [0.1, 0.15) is 36.7 Å². The number of rotatable bonds is 6. The number of hydrogen-bond acceptors (Lipinski definition) is 2. The third-order valence-electron chi connectivity index (χ3n) is 3.74. The summed E-state index contributed by atoms with van der Waals surface area (Å²) < 4.78 is 0. The van der Waals surface area contributed by atoms with Gasteiger partial charge in [0.1, 0.15) is 0 Å². The molecule has 0 aliphatic carbocycles. The van der Waals surface area contributed by atoms with Crippen LogP contribution in [-0.4, -0.2) is 24.4 Å². The van der Waals surface area contributed by atoms with E-state index in [0.29, 0.717) is 5.56 Å². The first-order valence-corrected chi connectivity index (χ1v) is 9.15. The standard InChI is InChI=1S/C24H28N2O/c1-24(2,3)16-9-6-10-17-26(4)19-20-12-11-15-22(18-20)25-23(27)21-13-7-5-8-14-21/h5-8,10-15,18H,17,19H2,1-4H3,(H,25,27)/b10-6-. The number of hydrogen-bond donors (Lipinski definition) is 1. The van der Waals surface area contributed by atoms with Crippen molar-refractivity contribution in [3.05, 3.63) is 77.9 Å². The lowest BCUT2D eigenvalue weighted by Crippen LogP contribution is -2.18. The van der Waals surface area contributed by atoms with Gasteiger partial charge in [0.25, 0.3) is 5.91 Å². The minimum Gasteiger partial charge on any atom is -0.322 e. The number of nitrogens with zero attached hydrogens (tertiary/aromatic N) is 1. The predicted octanol–water partition coefficient (Wildman–Crippen LogP) is 4.98. The van der Waals surface area contributed by atoms with Gasteiger partial charge in [-0.15, -0.1) is 0 Å². The van der Waals surface area contributed by atoms with Crippen molar-refractivity contribution in [1.82, 2.24) is 4.90 Å². The van der Waals surface area contributed by atoms with Gasteiger partial charge in [0.2, 0.25) is 0 Å². The van der Waals surface area contributed by atoms with Gasteiger partial charge < -0.3 is 5.32 Å². The van der Waals surface area contributed by atoms with Crippen LogP contribution in [0.2, 0.25) is 0 Å². The summed E-state index contributed by atoms with van der Waals surface area (Å²) in [6.07, 6.45) is 3.98. The number of likely N-dealkylation sites (N-methyl/N-ethyl adjacent to an activating group) is 1. The molecule has 0 aliphatic rings. The maximum atomic E-state index is 12.3. The molecule has 0 heterocycles. The summed E-state index contributed by atoms with van der Waals surface area (Å²) in [6.45, 7) is 7.92. The van der Waals surface area contributed by atoms with E-state index in [2.05, 4.69) is 62.0 Å². The predicted molar refractivity (Wildman–Crippen MR) is 114 cm³/mol. The maximum absolute atomic E-state index is 12.3. The van der Waals surface area contributed by atoms with Crippen LogP contribution in [0.25, 0.3) is 0 Å². The van der Waals surface area contributed by atoms with E-state index in [-0.39, 0.29) is 11.3 Å². The molecule has 0 unspecified atom stereocenters. The molecule has 0 bridgehead atoms. The van der Waals surface area contributed by atoms with Crippen molar-refractivity contribution >= 4 is 11.6 Å². The van der Waals surface area contributed by atoms with Crippen molar-refractivity contribution in [2.24, 2.45) is 5.41 Å². The number of nitrogens with one attached hydrogen (secondary N) is 1. The van der Waals surface area contributed by atoms with Gasteiger partial charge in [-0.2, -0.15) is 0 Å². The molecule has 2 aromatic carbocycles. The first-order valence-electron chi connectivity index (χ1n) is 9.15. The molecule has 1 N–H and O–H groups in total. The quantitative estimate of drug-likeness (QED) is 0.737. The van der Waals surface area contributed by atoms with Gasteiger partial charge >= 0.3 is 0 Å². The molecule has 2 rings (SSSR count). The zero-order chi connectivity index (χ0) is 19.7. The van der Waals surface area contributed by atoms with Gasteiger partial charge in [-0.05, 0) is 63.7 Å². The Hall–Kier alpha value is -2.83. The highest BCUT2D eigenvalue weighted by molar-refractivity contribution is 6.04. The third-order valence-corrected chi connectivity index (χ3v) is 3.74. The molecule has 2 aromatic rings. The summed E-state index contributed by atoms with van der Waals surface area (Å²) in [7, 11) is 2.07. The van der Waals surface area contributed by atoms with Crippen molar-refractivity contribution in [1.29, 1.82) is 0 Å². The topological polar surface area (TPSA) is 32.3 Å². The molecule has 0 aromatic heterocycles. The van der Waals surface area contributed by atoms with E-state index in [0.717, 1.165) is 24.3 Å². The first kappa shape index (κ1) is 20.5. The van der Waals surface area contributed by atoms with Crippen molar-refractivity contribution in [3.8, 4) is 11.8 Å². The fourth-order valence-electron chi connectivity index (χ4n) is 2.47. The second kappa shape index (κ2) is 9.75. The van der Waals surface area contributed by atoms with Crippen LogP contribution in [0.15, 0.2) is 66.7 Å². The molecular weight excluding hydrogens is 332 g/mol. The zero-order valence-corrected chi connectivity index (χ0v) is 16.6. The van der Waals surface area contributed by atoms with Crippen molar-refractivity contribution < 1.29 is 4.79 Å². The minimum absolute atomic E-state index is 0.0286. The Morgan fingerprint density at radius 1 is 1.11 bits per heavy atom. The van der Waals surface area contributed by atoms with Crippen LogP contribution in [0.3, 0.4) is 0 Å². The molecule has 3 nitrogen and oxygen atoms in total. The molecule has 0 saturated carbocycles. The van der Waals surface area contributed by atoms with Crippen LogP contribution < -0.4 is 5.32 Å². The monoisotopic (exact) mass is 360 g/mol. The molecule has 27 heavy (non-hydrogen) atoms. The molecule has 0 saturated heterocycles. The van der Waals surface area contributed by atoms with Gasteiger partial charge in [0.05, 0.1) is 0 Å². The van der Waals surface area contributed by atoms with Gasteiger partial charge in [-0.1, -0.05) is 48.2 Å². The van der Waals surface area contributed by atoms with Crippen LogP contribution in [0.5, 0.6) is 0 Å². The second-order valence-electron chi connectivity index (χ2n) is 7.64. The van der Waals surface area contributed by atoms with Crippen molar-refractivity contribution in [3.63, 3.8) is 0 Å². The average molecular weight is 361 g/mol. The molecule has 0 fully saturated rings. The van der Waals surface area contributed by atoms with Crippen LogP contribution in [0, 0.1) is 17.3 Å². The Morgan fingerprint density at radius 2 is 1.85 bits per heavy atom. The summed E-state index contributed by atoms with van der Waals surface area (Å²) in [6, 6.07) is 17.2. The van der Waals surface area contributed by atoms with Crippen molar-refractivity contribution in [2.75, 3.05) is 18.9 Å². The lowest BCUT2D eigenvalue weighted by atomic mass is 9.98. The largest absolute Gasteiger partial charge is 0.322 e. The highest BCUT2D eigenvalue weighted by atomic mass is 16.1. The van der Waals surface area contributed by atoms with E-state index in [9.17, 15) is 4.79 Å². The maximum Gasteiger partial charge on any atom is 0.255 e. The second-order valence-corrected chi connectivity index (χ2v) is 7.64. The summed E-state index contributed by atoms with van der Waals surface area (Å²) in [4.78, 5) is 14.5. The van der Waals surface area contributed by atoms with E-state index in [1.807, 2.05) is 54.6 Å². The smallest absolute Gasteiger partial charge is 0.255 e. The summed E-state index contributed by atoms with van der Waals surface area (Å²) in [5, 5.41) is 2.96. The molecule has 3 heteroatoms. The van der Waals surface area contributed by atoms with Gasteiger partial charge in [0, 0.05) is 29.8 Å². The van der Waals surface area contributed by atoms with Crippen LogP contribution in [0.4, 0.5) is 5.69 Å². The first-order chi connectivity index (χ1) is 12.8. The fraction of sp³-hybridized carbons (Fsp3) is 0.292. The number of carbonyl (C=O) groups excluding carboxylic acids is 1. The van der Waals surface area contributed by atoms with Gasteiger partial charge in [-0.3, -0.25) is 9.69 Å². The molecule has 140 valence electrons. The molecule has 0 radical (unpaired) electrons. The van der Waals surface area contributed by atoms with Crippen LogP contribution in [-0.2, 0) is 6.54 Å². The summed E-state index contributed by atoms with van der Waals surface area (Å²) >= 11 is 0. The van der Waals surface area contributed by atoms with E-state index in [1.165, 1.54) is 0 Å². The molecule has 1 amide bonds. The minimum atomic E-state index is -0.0959. The van der Waals surface area contributed by atoms with Gasteiger partial charge in [0.15, 0.2) is 0 Å². The molecular formula is C24H28N2O. The highest BCUT2D eigenvalue weighted by Gasteiger charge is 2.06. The number of amides is 1. The zero-order valence-electron chi connectivity index (χ0n) is 16.6.